The number of non-ortho nitro benzene ring substituents is 1. The van der Waals surface area contributed by atoms with Crippen LogP contribution in [0.25, 0.3) is 0 Å². The van der Waals surface area contributed by atoms with Gasteiger partial charge in [-0.05, 0) is 31.2 Å². The highest BCUT2D eigenvalue weighted by Gasteiger charge is 2.14. The van der Waals surface area contributed by atoms with Crippen LogP contribution in [-0.2, 0) is 0 Å². The Hall–Kier alpha value is -2.18. The van der Waals surface area contributed by atoms with Gasteiger partial charge in [-0.2, -0.15) is 0 Å². The Balaban J connectivity index is 2.36. The molecule has 5 nitrogen and oxygen atoms in total. The molecule has 7 heteroatoms. The van der Waals surface area contributed by atoms with Crippen LogP contribution in [0.5, 0.6) is 11.5 Å². The fraction of sp³-hybridized carbons (Fsp3) is 0.143. The normalized spacial score (nSPS) is 12.0. The van der Waals surface area contributed by atoms with Crippen LogP contribution in [0.4, 0.5) is 10.1 Å². The maximum Gasteiger partial charge on any atom is 0.271 e. The molecule has 0 spiro atoms. The summed E-state index contributed by atoms with van der Waals surface area (Å²) >= 11 is 5.95. The fourth-order valence-electron chi connectivity index (χ4n) is 1.77. The molecule has 2 aromatic rings. The molecule has 0 aliphatic heterocycles. The van der Waals surface area contributed by atoms with Crippen molar-refractivity contribution in [2.75, 3.05) is 0 Å². The van der Waals surface area contributed by atoms with Crippen molar-refractivity contribution in [3.63, 3.8) is 0 Å². The van der Waals surface area contributed by atoms with Crippen LogP contribution in [0.15, 0.2) is 36.4 Å². The Bertz CT molecular complexity index is 692. The first kappa shape index (κ1) is 15.2. The topological polar surface area (TPSA) is 78.4 Å². The number of nitrogens with zero attached hydrogens (tertiary/aromatic N) is 1. The highest BCUT2D eigenvalue weighted by atomic mass is 35.5. The minimum atomic E-state index is -0.555. The third-order valence-electron chi connectivity index (χ3n) is 2.81. The van der Waals surface area contributed by atoms with Gasteiger partial charge in [0.2, 0.25) is 0 Å². The van der Waals surface area contributed by atoms with E-state index in [1.165, 1.54) is 36.4 Å². The first-order valence-corrected chi connectivity index (χ1v) is 6.43. The Kier molecular flexibility index (Phi) is 4.40. The quantitative estimate of drug-likeness (QED) is 0.678. The van der Waals surface area contributed by atoms with Crippen LogP contribution in [0, 0.1) is 15.9 Å². The predicted octanol–water partition coefficient (Wildman–Crippen LogP) is 4.20. The predicted molar refractivity (Wildman–Crippen MR) is 77.2 cm³/mol. The van der Waals surface area contributed by atoms with Gasteiger partial charge in [0.25, 0.3) is 5.69 Å². The molecule has 1 atom stereocenters. The molecule has 0 radical (unpaired) electrons. The van der Waals surface area contributed by atoms with Gasteiger partial charge in [0.05, 0.1) is 9.95 Å². The molecule has 2 rings (SSSR count). The summed E-state index contributed by atoms with van der Waals surface area (Å²) in [5.74, 6) is 0.155. The van der Waals surface area contributed by atoms with E-state index in [9.17, 15) is 14.5 Å². The molecule has 0 amide bonds. The number of benzene rings is 2. The minimum Gasteiger partial charge on any atom is -0.455 e. The van der Waals surface area contributed by atoms with E-state index in [-0.39, 0.29) is 16.5 Å². The lowest BCUT2D eigenvalue weighted by molar-refractivity contribution is -0.384. The molecule has 2 N–H and O–H groups in total. The Morgan fingerprint density at radius 1 is 1.29 bits per heavy atom. The van der Waals surface area contributed by atoms with Crippen LogP contribution in [0.3, 0.4) is 0 Å². The smallest absolute Gasteiger partial charge is 0.271 e. The van der Waals surface area contributed by atoms with Gasteiger partial charge in [-0.3, -0.25) is 10.1 Å². The fourth-order valence-corrected chi connectivity index (χ4v) is 1.99. The number of ether oxygens (including phenoxy) is 1. The van der Waals surface area contributed by atoms with Crippen molar-refractivity contribution in [3.8, 4) is 11.5 Å². The summed E-state index contributed by atoms with van der Waals surface area (Å²) in [5, 5.41) is 10.7. The molecule has 0 bridgehead atoms. The summed E-state index contributed by atoms with van der Waals surface area (Å²) in [7, 11) is 0. The van der Waals surface area contributed by atoms with E-state index < -0.39 is 16.8 Å². The van der Waals surface area contributed by atoms with Gasteiger partial charge in [-0.1, -0.05) is 11.6 Å². The van der Waals surface area contributed by atoms with Gasteiger partial charge in [0, 0.05) is 23.7 Å². The number of nitro groups is 1. The molecule has 110 valence electrons. The Labute approximate surface area is 125 Å². The van der Waals surface area contributed by atoms with E-state index in [4.69, 9.17) is 22.1 Å². The van der Waals surface area contributed by atoms with Crippen molar-refractivity contribution in [3.05, 3.63) is 62.9 Å². The van der Waals surface area contributed by atoms with E-state index in [2.05, 4.69) is 0 Å². The van der Waals surface area contributed by atoms with E-state index in [1.54, 1.807) is 6.92 Å². The van der Waals surface area contributed by atoms with Crippen molar-refractivity contribution < 1.29 is 14.1 Å². The molecular formula is C14H12ClFN2O3. The lowest BCUT2D eigenvalue weighted by Crippen LogP contribution is -2.07. The molecule has 0 saturated carbocycles. The Morgan fingerprint density at radius 3 is 2.52 bits per heavy atom. The molecule has 0 saturated heterocycles. The number of nitro benzene ring substituents is 1. The molecule has 0 aliphatic rings. The number of hydrogen-bond acceptors (Lipinski definition) is 4. The molecule has 2 aromatic carbocycles. The first-order valence-electron chi connectivity index (χ1n) is 6.05. The summed E-state index contributed by atoms with van der Waals surface area (Å²) in [6, 6.07) is 7.36. The van der Waals surface area contributed by atoms with Gasteiger partial charge in [0.15, 0.2) is 0 Å². The second-order valence-corrected chi connectivity index (χ2v) is 4.85. The maximum absolute atomic E-state index is 13.3. The van der Waals surface area contributed by atoms with Gasteiger partial charge < -0.3 is 10.5 Å². The van der Waals surface area contributed by atoms with Crippen LogP contribution in [0.2, 0.25) is 5.02 Å². The van der Waals surface area contributed by atoms with Gasteiger partial charge in [-0.15, -0.1) is 0 Å². The Morgan fingerprint density at radius 2 is 1.95 bits per heavy atom. The first-order chi connectivity index (χ1) is 9.88. The lowest BCUT2D eigenvalue weighted by atomic mass is 10.1. The highest BCUT2D eigenvalue weighted by Crippen LogP contribution is 2.35. The average molecular weight is 311 g/mol. The maximum atomic E-state index is 13.3. The summed E-state index contributed by atoms with van der Waals surface area (Å²) in [4.78, 5) is 10.1. The van der Waals surface area contributed by atoms with E-state index in [0.717, 1.165) is 0 Å². The summed E-state index contributed by atoms with van der Waals surface area (Å²) in [6.07, 6.45) is 0. The summed E-state index contributed by atoms with van der Waals surface area (Å²) in [6.45, 7) is 1.69. The van der Waals surface area contributed by atoms with Gasteiger partial charge >= 0.3 is 0 Å². The monoisotopic (exact) mass is 310 g/mol. The second-order valence-electron chi connectivity index (χ2n) is 4.44. The minimum absolute atomic E-state index is 0.0872. The van der Waals surface area contributed by atoms with Gasteiger partial charge in [-0.25, -0.2) is 4.39 Å². The van der Waals surface area contributed by atoms with E-state index >= 15 is 0 Å². The van der Waals surface area contributed by atoms with Crippen molar-refractivity contribution >= 4 is 17.3 Å². The summed E-state index contributed by atoms with van der Waals surface area (Å²) in [5.41, 5.74) is 6.11. The van der Waals surface area contributed by atoms with Crippen molar-refractivity contribution in [1.29, 1.82) is 0 Å². The lowest BCUT2D eigenvalue weighted by Gasteiger charge is -2.14. The third-order valence-corrected chi connectivity index (χ3v) is 3.10. The van der Waals surface area contributed by atoms with Crippen LogP contribution in [0.1, 0.15) is 18.5 Å². The number of rotatable bonds is 4. The van der Waals surface area contributed by atoms with Gasteiger partial charge in [0.1, 0.15) is 17.3 Å². The van der Waals surface area contributed by atoms with Crippen molar-refractivity contribution in [2.24, 2.45) is 5.73 Å². The van der Waals surface area contributed by atoms with E-state index in [1.807, 2.05) is 0 Å². The molecule has 21 heavy (non-hydrogen) atoms. The largest absolute Gasteiger partial charge is 0.455 e. The van der Waals surface area contributed by atoms with Crippen LogP contribution >= 0.6 is 11.6 Å². The number of halogens is 2. The molecule has 0 unspecified atom stereocenters. The zero-order chi connectivity index (χ0) is 15.6. The summed E-state index contributed by atoms with van der Waals surface area (Å²) < 4.78 is 18.8. The molecule has 0 aromatic heterocycles. The van der Waals surface area contributed by atoms with Crippen molar-refractivity contribution in [1.82, 2.24) is 0 Å². The molecule has 0 aliphatic carbocycles. The number of hydrogen-bond donors (Lipinski definition) is 1. The third kappa shape index (κ3) is 3.48. The van der Waals surface area contributed by atoms with Crippen LogP contribution in [-0.4, -0.2) is 4.92 Å². The molecule has 0 heterocycles. The average Bonchev–Trinajstić information content (AvgIpc) is 2.42. The zero-order valence-corrected chi connectivity index (χ0v) is 11.8. The second kappa shape index (κ2) is 6.07. The molecular weight excluding hydrogens is 299 g/mol. The highest BCUT2D eigenvalue weighted by molar-refractivity contribution is 6.32. The van der Waals surface area contributed by atoms with Crippen LogP contribution < -0.4 is 10.5 Å². The zero-order valence-electron chi connectivity index (χ0n) is 11.0. The van der Waals surface area contributed by atoms with E-state index in [0.29, 0.717) is 11.3 Å². The van der Waals surface area contributed by atoms with Crippen molar-refractivity contribution in [2.45, 2.75) is 13.0 Å². The standard InChI is InChI=1S/C14H12ClFN2O3/c1-8(17)11-6-9(16)2-4-13(11)21-14-5-3-10(18(19)20)7-12(14)15/h2-8H,17H2,1H3/t8-/m1/s1. The molecule has 0 fully saturated rings. The number of nitrogens with two attached hydrogens (primary N) is 1. The SMILES string of the molecule is C[C@@H](N)c1cc(F)ccc1Oc1ccc([N+](=O)[O-])cc1Cl.